The van der Waals surface area contributed by atoms with Crippen LogP contribution in [0.1, 0.15) is 32.6 Å². The Kier molecular flexibility index (Phi) is 7.50. The molecule has 1 aromatic heterocycles. The topological polar surface area (TPSA) is 103 Å². The lowest BCUT2D eigenvalue weighted by Gasteiger charge is -2.32. The van der Waals surface area contributed by atoms with Gasteiger partial charge in [-0.05, 0) is 31.0 Å². The van der Waals surface area contributed by atoms with Crippen LogP contribution in [-0.2, 0) is 9.59 Å². The second kappa shape index (κ2) is 10.1. The Balaban J connectivity index is 1.88. The molecule has 8 nitrogen and oxygen atoms in total. The maximum Gasteiger partial charge on any atom is 0.330 e. The van der Waals surface area contributed by atoms with Crippen molar-refractivity contribution in [2.75, 3.05) is 27.9 Å². The highest BCUT2D eigenvalue weighted by Crippen LogP contribution is 2.34. The predicted octanol–water partition coefficient (Wildman–Crippen LogP) is 4.42. The summed E-state index contributed by atoms with van der Waals surface area (Å²) >= 11 is 2.37. The minimum Gasteiger partial charge on any atom is -0.481 e. The van der Waals surface area contributed by atoms with Crippen LogP contribution in [0, 0.1) is 5.82 Å². The SMILES string of the molecule is CC(=O)Nc1cc(N(C(=O)N(C)c2ncc(SCC(=O)O)s2)C2CCCC2)ccc1F. The summed E-state index contributed by atoms with van der Waals surface area (Å²) in [5.41, 5.74) is 0.510. The van der Waals surface area contributed by atoms with Crippen molar-refractivity contribution in [3.63, 3.8) is 0 Å². The Labute approximate surface area is 187 Å². The molecule has 1 aliphatic rings. The number of benzene rings is 1. The molecule has 0 spiro atoms. The average Bonchev–Trinajstić information content (AvgIpc) is 3.40. The van der Waals surface area contributed by atoms with Crippen LogP contribution in [-0.4, -0.2) is 46.8 Å². The molecule has 1 saturated carbocycles. The molecule has 3 amide bonds. The fourth-order valence-corrected chi connectivity index (χ4v) is 5.07. The number of hydrogen-bond donors (Lipinski definition) is 2. The van der Waals surface area contributed by atoms with Crippen molar-refractivity contribution in [3.05, 3.63) is 30.2 Å². The number of thiazole rings is 1. The van der Waals surface area contributed by atoms with Crippen molar-refractivity contribution in [1.29, 1.82) is 0 Å². The van der Waals surface area contributed by atoms with Crippen molar-refractivity contribution in [3.8, 4) is 0 Å². The maximum atomic E-state index is 14.1. The summed E-state index contributed by atoms with van der Waals surface area (Å²) in [6.45, 7) is 1.29. The van der Waals surface area contributed by atoms with Gasteiger partial charge in [-0.2, -0.15) is 0 Å². The molecule has 11 heteroatoms. The number of hydrogen-bond acceptors (Lipinski definition) is 6. The molecule has 31 heavy (non-hydrogen) atoms. The van der Waals surface area contributed by atoms with Crippen LogP contribution in [0.2, 0.25) is 0 Å². The number of aromatic nitrogens is 1. The van der Waals surface area contributed by atoms with E-state index in [4.69, 9.17) is 5.11 Å². The predicted molar refractivity (Wildman–Crippen MR) is 120 cm³/mol. The van der Waals surface area contributed by atoms with E-state index in [0.717, 1.165) is 37.4 Å². The molecule has 1 aromatic carbocycles. The molecule has 166 valence electrons. The molecule has 2 aromatic rings. The third kappa shape index (κ3) is 5.73. The van der Waals surface area contributed by atoms with Crippen LogP contribution >= 0.6 is 23.1 Å². The van der Waals surface area contributed by atoms with Gasteiger partial charge in [-0.1, -0.05) is 24.2 Å². The number of halogens is 1. The van der Waals surface area contributed by atoms with Gasteiger partial charge in [-0.25, -0.2) is 14.2 Å². The van der Waals surface area contributed by atoms with E-state index in [0.29, 0.717) is 15.0 Å². The molecule has 2 N–H and O–H groups in total. The number of aliphatic carboxylic acids is 1. The van der Waals surface area contributed by atoms with Gasteiger partial charge in [0, 0.05) is 25.7 Å². The number of nitrogens with one attached hydrogen (secondary N) is 1. The second-order valence-corrected chi connectivity index (χ2v) is 9.42. The van der Waals surface area contributed by atoms with Gasteiger partial charge in [-0.3, -0.25) is 19.4 Å². The first-order valence-corrected chi connectivity index (χ1v) is 11.5. The van der Waals surface area contributed by atoms with E-state index in [1.54, 1.807) is 18.1 Å². The molecular weight excluding hydrogens is 443 g/mol. The lowest BCUT2D eigenvalue weighted by atomic mass is 10.1. The summed E-state index contributed by atoms with van der Waals surface area (Å²) < 4.78 is 14.8. The van der Waals surface area contributed by atoms with Gasteiger partial charge in [0.1, 0.15) is 5.82 Å². The molecular formula is C20H23FN4O4S2. The average molecular weight is 467 g/mol. The van der Waals surface area contributed by atoms with Gasteiger partial charge in [-0.15, -0.1) is 11.8 Å². The zero-order chi connectivity index (χ0) is 22.5. The molecule has 0 atom stereocenters. The Morgan fingerprint density at radius 1 is 1.32 bits per heavy atom. The minimum absolute atomic E-state index is 0.0186. The Morgan fingerprint density at radius 2 is 2.03 bits per heavy atom. The molecule has 0 radical (unpaired) electrons. The Morgan fingerprint density at radius 3 is 2.68 bits per heavy atom. The van der Waals surface area contributed by atoms with Gasteiger partial charge in [0.05, 0.1) is 21.8 Å². The molecule has 0 aliphatic heterocycles. The summed E-state index contributed by atoms with van der Waals surface area (Å²) in [5.74, 6) is -2.00. The molecule has 1 fully saturated rings. The summed E-state index contributed by atoms with van der Waals surface area (Å²) in [5, 5.41) is 11.7. The first-order valence-electron chi connectivity index (χ1n) is 9.70. The molecule has 1 heterocycles. The number of rotatable bonds is 7. The number of amides is 3. The fourth-order valence-electron chi connectivity index (χ4n) is 3.44. The largest absolute Gasteiger partial charge is 0.481 e. The number of carbonyl (C=O) groups is 3. The lowest BCUT2D eigenvalue weighted by Crippen LogP contribution is -2.46. The molecule has 0 unspecified atom stereocenters. The number of carbonyl (C=O) groups excluding carboxylic acids is 2. The maximum absolute atomic E-state index is 14.1. The van der Waals surface area contributed by atoms with E-state index in [-0.39, 0.29) is 23.5 Å². The van der Waals surface area contributed by atoms with E-state index in [1.165, 1.54) is 41.4 Å². The normalized spacial score (nSPS) is 13.8. The summed E-state index contributed by atoms with van der Waals surface area (Å²) in [6.07, 6.45) is 5.17. The van der Waals surface area contributed by atoms with Gasteiger partial charge in [0.15, 0.2) is 5.13 Å². The molecule has 1 aliphatic carbocycles. The van der Waals surface area contributed by atoms with Crippen molar-refractivity contribution < 1.29 is 23.9 Å². The zero-order valence-electron chi connectivity index (χ0n) is 17.1. The van der Waals surface area contributed by atoms with E-state index in [1.807, 2.05) is 0 Å². The van der Waals surface area contributed by atoms with Crippen LogP contribution in [0.5, 0.6) is 0 Å². The standard InChI is InChI=1S/C20H23FN4O4S2/c1-12(26)23-16-9-14(7-8-15(16)21)25(13-5-3-4-6-13)20(29)24(2)19-22-10-18(31-19)30-11-17(27)28/h7-10,13H,3-6,11H2,1-2H3,(H,23,26)(H,27,28). The highest BCUT2D eigenvalue weighted by molar-refractivity contribution is 8.01. The third-order valence-corrected chi connectivity index (χ3v) is 7.07. The van der Waals surface area contributed by atoms with Gasteiger partial charge >= 0.3 is 12.0 Å². The first-order chi connectivity index (χ1) is 14.8. The van der Waals surface area contributed by atoms with Crippen molar-refractivity contribution in [2.24, 2.45) is 0 Å². The minimum atomic E-state index is -0.928. The second-order valence-electron chi connectivity index (χ2n) is 7.14. The quantitative estimate of drug-likeness (QED) is 0.586. The van der Waals surface area contributed by atoms with E-state index < -0.39 is 17.7 Å². The van der Waals surface area contributed by atoms with E-state index in [9.17, 15) is 18.8 Å². The third-order valence-electron chi connectivity index (χ3n) is 4.82. The lowest BCUT2D eigenvalue weighted by molar-refractivity contribution is -0.133. The summed E-state index contributed by atoms with van der Waals surface area (Å²) in [6, 6.07) is 3.86. The summed E-state index contributed by atoms with van der Waals surface area (Å²) in [7, 11) is 1.60. The highest BCUT2D eigenvalue weighted by atomic mass is 32.2. The van der Waals surface area contributed by atoms with Gasteiger partial charge in [0.25, 0.3) is 0 Å². The van der Waals surface area contributed by atoms with Crippen molar-refractivity contribution in [2.45, 2.75) is 42.9 Å². The highest BCUT2D eigenvalue weighted by Gasteiger charge is 2.32. The van der Waals surface area contributed by atoms with E-state index >= 15 is 0 Å². The van der Waals surface area contributed by atoms with Crippen LogP contribution in [0.4, 0.5) is 25.7 Å². The number of carboxylic acid groups (broad SMARTS) is 1. The van der Waals surface area contributed by atoms with Gasteiger partial charge < -0.3 is 10.4 Å². The van der Waals surface area contributed by atoms with Crippen LogP contribution in [0.3, 0.4) is 0 Å². The Hall–Kier alpha value is -2.66. The van der Waals surface area contributed by atoms with Crippen molar-refractivity contribution in [1.82, 2.24) is 4.98 Å². The first kappa shape index (κ1) is 23.0. The molecule has 0 saturated heterocycles. The fraction of sp³-hybridized carbons (Fsp3) is 0.400. The molecule has 0 bridgehead atoms. The smallest absolute Gasteiger partial charge is 0.330 e. The van der Waals surface area contributed by atoms with Gasteiger partial charge in [0.2, 0.25) is 5.91 Å². The van der Waals surface area contributed by atoms with Crippen LogP contribution in [0.25, 0.3) is 0 Å². The van der Waals surface area contributed by atoms with Crippen LogP contribution < -0.4 is 15.1 Å². The molecule has 3 rings (SSSR count). The van der Waals surface area contributed by atoms with E-state index in [2.05, 4.69) is 10.3 Å². The number of thioether (sulfide) groups is 1. The number of anilines is 3. The zero-order valence-corrected chi connectivity index (χ0v) is 18.8. The monoisotopic (exact) mass is 466 g/mol. The van der Waals surface area contributed by atoms with Crippen LogP contribution in [0.15, 0.2) is 28.6 Å². The number of urea groups is 1. The number of nitrogens with zero attached hydrogens (tertiary/aromatic N) is 3. The summed E-state index contributed by atoms with van der Waals surface area (Å²) in [4.78, 5) is 42.9. The van der Waals surface area contributed by atoms with Crippen molar-refractivity contribution >= 4 is 57.5 Å². The Bertz CT molecular complexity index is 978. The number of carboxylic acids is 1.